The maximum atomic E-state index is 14.8. The number of benzene rings is 2. The average Bonchev–Trinajstić information content (AvgIpc) is 2.93. The van der Waals surface area contributed by atoms with Crippen molar-refractivity contribution in [3.05, 3.63) is 47.2 Å². The molecule has 0 spiro atoms. The van der Waals surface area contributed by atoms with Gasteiger partial charge in [-0.2, -0.15) is 0 Å². The molecule has 14 heteroatoms. The third kappa shape index (κ3) is 6.53. The van der Waals surface area contributed by atoms with Crippen molar-refractivity contribution in [1.29, 1.82) is 0 Å². The van der Waals surface area contributed by atoms with Gasteiger partial charge in [0.1, 0.15) is 34.8 Å². The Morgan fingerprint density at radius 3 is 2.47 bits per heavy atom. The van der Waals surface area contributed by atoms with E-state index in [1.165, 1.54) is 31.6 Å². The minimum atomic E-state index is -1.11. The minimum Gasteiger partial charge on any atom is -0.494 e. The third-order valence-corrected chi connectivity index (χ3v) is 7.60. The van der Waals surface area contributed by atoms with Crippen LogP contribution in [0.1, 0.15) is 34.1 Å². The van der Waals surface area contributed by atoms with Gasteiger partial charge >= 0.3 is 0 Å². The molecule has 1 aliphatic rings. The molecule has 0 aliphatic carbocycles. The molecule has 0 unspecified atom stereocenters. The van der Waals surface area contributed by atoms with Gasteiger partial charge in [0.15, 0.2) is 5.82 Å². The van der Waals surface area contributed by atoms with Crippen molar-refractivity contribution in [3.8, 4) is 5.75 Å². The predicted octanol–water partition coefficient (Wildman–Crippen LogP) is 3.67. The summed E-state index contributed by atoms with van der Waals surface area (Å²) < 4.78 is 34.2. The standard InChI is InChI=1S/C29H34ClF2N7O4/c1-14(33-5)26(40)38-24(29(2,3)4)28(42)39(27(41)18-9-10-34-18)20-11-15-19(12-21(20)43-6)35-13-36-25(15)37-17-8-7-16(31)22(30)23(17)32/h7-8,11-14,18,24,33-34H,9-10H2,1-6H3,(H,38,40)(H,35,36,37)/t14-,18-,24+/m0/s1. The van der Waals surface area contributed by atoms with Crippen molar-refractivity contribution in [2.45, 2.75) is 52.2 Å². The number of rotatable bonds is 9. The molecule has 11 nitrogen and oxygen atoms in total. The topological polar surface area (TPSA) is 138 Å². The van der Waals surface area contributed by atoms with Gasteiger partial charge in [0, 0.05) is 11.5 Å². The number of aromatic nitrogens is 2. The highest BCUT2D eigenvalue weighted by molar-refractivity contribution is 6.31. The van der Waals surface area contributed by atoms with Crippen LogP contribution in [-0.4, -0.2) is 66.5 Å². The Labute approximate surface area is 252 Å². The second kappa shape index (κ2) is 12.7. The van der Waals surface area contributed by atoms with E-state index in [0.717, 1.165) is 11.0 Å². The van der Waals surface area contributed by atoms with E-state index in [9.17, 15) is 23.2 Å². The Balaban J connectivity index is 1.87. The first kappa shape index (κ1) is 32.0. The number of anilines is 3. The van der Waals surface area contributed by atoms with Crippen LogP contribution >= 0.6 is 11.6 Å². The summed E-state index contributed by atoms with van der Waals surface area (Å²) in [5.74, 6) is -3.34. The number of ether oxygens (including phenoxy) is 1. The summed E-state index contributed by atoms with van der Waals surface area (Å²) in [5, 5.41) is 11.1. The summed E-state index contributed by atoms with van der Waals surface area (Å²) in [6.45, 7) is 7.58. The third-order valence-electron chi connectivity index (χ3n) is 7.25. The normalized spacial score (nSPS) is 16.2. The molecule has 1 saturated heterocycles. The number of hydrogen-bond acceptors (Lipinski definition) is 9. The highest BCUT2D eigenvalue weighted by Crippen LogP contribution is 2.38. The lowest BCUT2D eigenvalue weighted by Crippen LogP contribution is -2.62. The first-order valence-corrected chi connectivity index (χ1v) is 14.0. The van der Waals surface area contributed by atoms with Crippen molar-refractivity contribution >= 4 is 57.4 Å². The second-order valence-corrected chi connectivity index (χ2v) is 11.6. The van der Waals surface area contributed by atoms with E-state index < -0.39 is 57.9 Å². The molecule has 0 bridgehead atoms. The smallest absolute Gasteiger partial charge is 0.257 e. The van der Waals surface area contributed by atoms with Crippen LogP contribution in [0.4, 0.5) is 26.0 Å². The van der Waals surface area contributed by atoms with Crippen LogP contribution in [-0.2, 0) is 14.4 Å². The Kier molecular flexibility index (Phi) is 9.47. The van der Waals surface area contributed by atoms with Crippen LogP contribution in [0.2, 0.25) is 5.02 Å². The molecule has 1 aliphatic heterocycles. The van der Waals surface area contributed by atoms with E-state index in [0.29, 0.717) is 23.9 Å². The van der Waals surface area contributed by atoms with Gasteiger partial charge < -0.3 is 26.0 Å². The van der Waals surface area contributed by atoms with E-state index in [1.807, 2.05) is 0 Å². The van der Waals surface area contributed by atoms with Crippen LogP contribution in [0, 0.1) is 17.0 Å². The molecule has 4 N–H and O–H groups in total. The number of halogens is 3. The number of likely N-dealkylation sites (N-methyl/N-ethyl adjacent to an activating group) is 1. The zero-order valence-corrected chi connectivity index (χ0v) is 25.4. The van der Waals surface area contributed by atoms with Crippen molar-refractivity contribution in [2.75, 3.05) is 30.9 Å². The predicted molar refractivity (Wildman–Crippen MR) is 160 cm³/mol. The molecule has 230 valence electrons. The van der Waals surface area contributed by atoms with Crippen molar-refractivity contribution in [3.63, 3.8) is 0 Å². The van der Waals surface area contributed by atoms with Gasteiger partial charge in [0.2, 0.25) is 5.91 Å². The molecule has 4 rings (SSSR count). The summed E-state index contributed by atoms with van der Waals surface area (Å²) in [4.78, 5) is 50.6. The number of nitrogens with one attached hydrogen (secondary N) is 4. The van der Waals surface area contributed by atoms with Crippen LogP contribution < -0.4 is 30.9 Å². The summed E-state index contributed by atoms with van der Waals surface area (Å²) in [6.07, 6.45) is 1.73. The van der Waals surface area contributed by atoms with Crippen LogP contribution in [0.3, 0.4) is 0 Å². The quantitative estimate of drug-likeness (QED) is 0.265. The first-order valence-electron chi connectivity index (χ1n) is 13.6. The molecule has 2 heterocycles. The molecular formula is C29H34ClF2N7O4. The molecule has 1 aromatic heterocycles. The molecule has 3 amide bonds. The Hall–Kier alpha value is -3.94. The van der Waals surface area contributed by atoms with E-state index in [1.54, 1.807) is 34.7 Å². The fourth-order valence-corrected chi connectivity index (χ4v) is 4.60. The number of hydrogen-bond donors (Lipinski definition) is 4. The lowest BCUT2D eigenvalue weighted by Gasteiger charge is -2.38. The molecule has 1 fully saturated rings. The molecular weight excluding hydrogens is 584 g/mol. The van der Waals surface area contributed by atoms with Gasteiger partial charge in [-0.05, 0) is 50.6 Å². The van der Waals surface area contributed by atoms with Gasteiger partial charge in [-0.25, -0.2) is 23.6 Å². The molecule has 43 heavy (non-hydrogen) atoms. The average molecular weight is 618 g/mol. The van der Waals surface area contributed by atoms with Gasteiger partial charge in [-0.1, -0.05) is 32.4 Å². The van der Waals surface area contributed by atoms with Gasteiger partial charge in [-0.15, -0.1) is 0 Å². The van der Waals surface area contributed by atoms with Gasteiger partial charge in [0.05, 0.1) is 36.1 Å². The van der Waals surface area contributed by atoms with Gasteiger partial charge in [-0.3, -0.25) is 14.4 Å². The van der Waals surface area contributed by atoms with Crippen LogP contribution in [0.15, 0.2) is 30.6 Å². The number of methoxy groups -OCH3 is 1. The van der Waals surface area contributed by atoms with Crippen LogP contribution in [0.5, 0.6) is 5.75 Å². The SMILES string of the molecule is CN[C@@H](C)C(=O)N[C@H](C(=O)N(C(=O)[C@@H]1CCN1)c1cc2c(Nc3ccc(F)c(Cl)c3F)ncnc2cc1OC)C(C)(C)C. The number of fused-ring (bicyclic) bond motifs is 1. The first-order chi connectivity index (χ1) is 20.3. The maximum absolute atomic E-state index is 14.8. The Bertz CT molecular complexity index is 1560. The van der Waals surface area contributed by atoms with E-state index in [2.05, 4.69) is 31.2 Å². The largest absolute Gasteiger partial charge is 0.494 e. The zero-order valence-electron chi connectivity index (χ0n) is 24.6. The Morgan fingerprint density at radius 2 is 1.88 bits per heavy atom. The summed E-state index contributed by atoms with van der Waals surface area (Å²) in [5.41, 5.74) is -0.540. The van der Waals surface area contributed by atoms with Crippen molar-refractivity contribution in [1.82, 2.24) is 25.9 Å². The van der Waals surface area contributed by atoms with E-state index in [-0.39, 0.29) is 22.9 Å². The van der Waals surface area contributed by atoms with Crippen LogP contribution in [0.25, 0.3) is 10.9 Å². The Morgan fingerprint density at radius 1 is 1.19 bits per heavy atom. The highest BCUT2D eigenvalue weighted by atomic mass is 35.5. The van der Waals surface area contributed by atoms with Crippen molar-refractivity contribution in [2.24, 2.45) is 5.41 Å². The molecule has 0 radical (unpaired) electrons. The van der Waals surface area contributed by atoms with E-state index in [4.69, 9.17) is 16.3 Å². The number of imide groups is 1. The lowest BCUT2D eigenvalue weighted by atomic mass is 9.85. The fraction of sp³-hybridized carbons (Fsp3) is 0.414. The molecule has 0 saturated carbocycles. The summed E-state index contributed by atoms with van der Waals surface area (Å²) >= 11 is 5.76. The maximum Gasteiger partial charge on any atom is 0.257 e. The second-order valence-electron chi connectivity index (χ2n) is 11.2. The molecule has 3 aromatic rings. The number of amides is 3. The van der Waals surface area contributed by atoms with Gasteiger partial charge in [0.25, 0.3) is 11.8 Å². The zero-order chi connectivity index (χ0) is 31.6. The molecule has 3 atom stereocenters. The lowest BCUT2D eigenvalue weighted by molar-refractivity contribution is -0.134. The summed E-state index contributed by atoms with van der Waals surface area (Å²) in [6, 6.07) is 2.81. The number of carbonyl (C=O) groups is 3. The van der Waals surface area contributed by atoms with E-state index >= 15 is 0 Å². The summed E-state index contributed by atoms with van der Waals surface area (Å²) in [7, 11) is 3.00. The monoisotopic (exact) mass is 617 g/mol. The fourth-order valence-electron chi connectivity index (χ4n) is 4.44. The molecule has 2 aromatic carbocycles. The number of nitrogens with zero attached hydrogens (tertiary/aromatic N) is 3. The number of carbonyl (C=O) groups excluding carboxylic acids is 3. The highest BCUT2D eigenvalue weighted by Gasteiger charge is 2.43. The minimum absolute atomic E-state index is 0.0688. The van der Waals surface area contributed by atoms with Crippen molar-refractivity contribution < 1.29 is 27.9 Å².